The number of hydrogen-bond donors (Lipinski definition) is 0. The Bertz CT molecular complexity index is 1250. The quantitative estimate of drug-likeness (QED) is 0.551. The number of pyridine rings is 1. The van der Waals surface area contributed by atoms with E-state index in [2.05, 4.69) is 25.9 Å². The summed E-state index contributed by atoms with van der Waals surface area (Å²) in [6.45, 7) is 8.43. The lowest BCUT2D eigenvalue weighted by Crippen LogP contribution is -2.38. The van der Waals surface area contributed by atoms with E-state index in [4.69, 9.17) is 9.72 Å². The van der Waals surface area contributed by atoms with Crippen molar-refractivity contribution in [2.75, 3.05) is 18.1 Å². The van der Waals surface area contributed by atoms with Crippen molar-refractivity contribution in [1.82, 2.24) is 14.8 Å². The van der Waals surface area contributed by atoms with Gasteiger partial charge in [-0.25, -0.2) is 14.5 Å². The second kappa shape index (κ2) is 7.97. The number of aromatic nitrogens is 3. The van der Waals surface area contributed by atoms with Gasteiger partial charge in [0.25, 0.3) is 5.91 Å². The number of ether oxygens (including phenoxy) is 1. The van der Waals surface area contributed by atoms with Gasteiger partial charge >= 0.3 is 5.97 Å². The highest BCUT2D eigenvalue weighted by molar-refractivity contribution is 6.05. The van der Waals surface area contributed by atoms with Crippen LogP contribution in [0.3, 0.4) is 0 Å². The first-order chi connectivity index (χ1) is 15.7. The van der Waals surface area contributed by atoms with Crippen LogP contribution in [0, 0.1) is 6.92 Å². The number of nitrogens with zero attached hydrogens (tertiary/aromatic N) is 4. The lowest BCUT2D eigenvalue weighted by molar-refractivity contribution is -0.121. The highest BCUT2D eigenvalue weighted by Gasteiger charge is 2.31. The van der Waals surface area contributed by atoms with Crippen molar-refractivity contribution < 1.29 is 14.3 Å². The van der Waals surface area contributed by atoms with Crippen molar-refractivity contribution >= 4 is 28.6 Å². The molecule has 5 rings (SSSR count). The average Bonchev–Trinajstić information content (AvgIpc) is 3.59. The molecular formula is C26H30N4O3. The van der Waals surface area contributed by atoms with Crippen molar-refractivity contribution in [3.8, 4) is 0 Å². The van der Waals surface area contributed by atoms with Gasteiger partial charge in [0, 0.05) is 23.8 Å². The van der Waals surface area contributed by atoms with Crippen LogP contribution in [0.2, 0.25) is 0 Å². The van der Waals surface area contributed by atoms with Crippen molar-refractivity contribution in [1.29, 1.82) is 0 Å². The lowest BCUT2D eigenvalue weighted by Gasteiger charge is -2.29. The Labute approximate surface area is 193 Å². The van der Waals surface area contributed by atoms with Gasteiger partial charge in [0.05, 0.1) is 22.2 Å². The number of hydrogen-bond acceptors (Lipinski definition) is 5. The monoisotopic (exact) mass is 446 g/mol. The summed E-state index contributed by atoms with van der Waals surface area (Å²) in [5.41, 5.74) is 4.57. The highest BCUT2D eigenvalue weighted by atomic mass is 16.5. The van der Waals surface area contributed by atoms with Crippen LogP contribution in [0.15, 0.2) is 30.3 Å². The van der Waals surface area contributed by atoms with Crippen molar-refractivity contribution in [2.24, 2.45) is 0 Å². The molecule has 0 spiro atoms. The molecule has 0 radical (unpaired) electrons. The molecule has 0 atom stereocenters. The first kappa shape index (κ1) is 21.6. The predicted molar refractivity (Wildman–Crippen MR) is 127 cm³/mol. The summed E-state index contributed by atoms with van der Waals surface area (Å²) < 4.78 is 7.46. The number of fused-ring (bicyclic) bond motifs is 2. The Morgan fingerprint density at radius 2 is 1.94 bits per heavy atom. The van der Waals surface area contributed by atoms with E-state index in [1.807, 2.05) is 41.9 Å². The highest BCUT2D eigenvalue weighted by Crippen LogP contribution is 2.41. The average molecular weight is 447 g/mol. The summed E-state index contributed by atoms with van der Waals surface area (Å²) in [7, 11) is 0. The Kier molecular flexibility index (Phi) is 5.22. The Morgan fingerprint density at radius 1 is 1.18 bits per heavy atom. The second-order valence-corrected chi connectivity index (χ2v) is 10.1. The number of aryl methyl sites for hydroxylation is 2. The Morgan fingerprint density at radius 3 is 2.67 bits per heavy atom. The second-order valence-electron chi connectivity index (χ2n) is 10.1. The molecule has 0 N–H and O–H groups in total. The van der Waals surface area contributed by atoms with Gasteiger partial charge in [0.15, 0.2) is 12.3 Å². The molecule has 7 nitrogen and oxygen atoms in total. The number of esters is 1. The molecule has 7 heteroatoms. The summed E-state index contributed by atoms with van der Waals surface area (Å²) in [6, 6.07) is 9.75. The minimum Gasteiger partial charge on any atom is -0.452 e. The molecule has 1 fully saturated rings. The third-order valence-electron chi connectivity index (χ3n) is 6.42. The van der Waals surface area contributed by atoms with Crippen molar-refractivity contribution in [3.63, 3.8) is 0 Å². The number of para-hydroxylation sites is 1. The first-order valence-electron chi connectivity index (χ1n) is 11.7. The number of rotatable bonds is 4. The maximum atomic E-state index is 13.2. The molecule has 2 aromatic heterocycles. The number of carbonyl (C=O) groups excluding carboxylic acids is 2. The summed E-state index contributed by atoms with van der Waals surface area (Å²) >= 11 is 0. The topological polar surface area (TPSA) is 77.3 Å². The molecule has 172 valence electrons. The van der Waals surface area contributed by atoms with Gasteiger partial charge in [0.2, 0.25) is 0 Å². The third-order valence-corrected chi connectivity index (χ3v) is 6.42. The van der Waals surface area contributed by atoms with E-state index < -0.39 is 5.97 Å². The molecule has 1 aliphatic heterocycles. The third kappa shape index (κ3) is 4.01. The van der Waals surface area contributed by atoms with Crippen LogP contribution < -0.4 is 4.90 Å². The molecule has 33 heavy (non-hydrogen) atoms. The van der Waals surface area contributed by atoms with Crippen LogP contribution in [0.5, 0.6) is 0 Å². The van der Waals surface area contributed by atoms with Gasteiger partial charge in [-0.1, -0.05) is 18.2 Å². The lowest BCUT2D eigenvalue weighted by atomic mass is 10.0. The van der Waals surface area contributed by atoms with E-state index in [-0.39, 0.29) is 18.1 Å². The minimum atomic E-state index is -0.500. The van der Waals surface area contributed by atoms with Crippen LogP contribution in [0.1, 0.15) is 73.3 Å². The summed E-state index contributed by atoms with van der Waals surface area (Å²) in [5, 5.41) is 5.39. The van der Waals surface area contributed by atoms with E-state index in [0.29, 0.717) is 29.1 Å². The maximum absolute atomic E-state index is 13.2. The van der Waals surface area contributed by atoms with E-state index in [1.165, 1.54) is 0 Å². The zero-order chi connectivity index (χ0) is 23.3. The normalized spacial score (nSPS) is 16.1. The van der Waals surface area contributed by atoms with E-state index in [9.17, 15) is 9.59 Å². The van der Waals surface area contributed by atoms with Gasteiger partial charge in [0.1, 0.15) is 0 Å². The first-order valence-corrected chi connectivity index (χ1v) is 11.7. The molecule has 2 aliphatic rings. The summed E-state index contributed by atoms with van der Waals surface area (Å²) in [5.74, 6) is -0.333. The zero-order valence-electron chi connectivity index (χ0n) is 19.7. The Hall–Kier alpha value is -3.22. The molecule has 3 aromatic rings. The molecular weight excluding hydrogens is 416 g/mol. The zero-order valence-corrected chi connectivity index (χ0v) is 19.7. The standard InChI is InChI=1S/C26H30N4O3/c1-16-23-19(14-20(17-11-12-17)27-24(23)30(28-16)26(2,3)4)25(32)33-15-22(31)29-13-7-9-18-8-5-6-10-21(18)29/h5-6,8,10,14,17H,7,9,11-13,15H2,1-4H3. The minimum absolute atomic E-state index is 0.203. The molecule has 3 heterocycles. The molecule has 1 saturated carbocycles. The predicted octanol–water partition coefficient (Wildman–Crippen LogP) is 4.51. The maximum Gasteiger partial charge on any atom is 0.339 e. The van der Waals surface area contributed by atoms with Crippen LogP contribution in [-0.4, -0.2) is 39.8 Å². The van der Waals surface area contributed by atoms with Gasteiger partial charge in [-0.2, -0.15) is 5.10 Å². The molecule has 0 saturated heterocycles. The molecule has 1 aliphatic carbocycles. The van der Waals surface area contributed by atoms with Gasteiger partial charge in [-0.05, 0) is 71.1 Å². The van der Waals surface area contributed by atoms with E-state index in [0.717, 1.165) is 48.3 Å². The van der Waals surface area contributed by atoms with Crippen LogP contribution in [0.4, 0.5) is 5.69 Å². The fraction of sp³-hybridized carbons (Fsp3) is 0.462. The SMILES string of the molecule is Cc1nn(C(C)(C)C)c2nc(C3CC3)cc(C(=O)OCC(=O)N3CCCc4ccccc43)c12. The smallest absolute Gasteiger partial charge is 0.339 e. The largest absolute Gasteiger partial charge is 0.452 e. The number of amides is 1. The van der Waals surface area contributed by atoms with E-state index in [1.54, 1.807) is 4.90 Å². The number of benzene rings is 1. The van der Waals surface area contributed by atoms with Crippen molar-refractivity contribution in [3.05, 3.63) is 52.8 Å². The van der Waals surface area contributed by atoms with Gasteiger partial charge in [-0.3, -0.25) is 4.79 Å². The van der Waals surface area contributed by atoms with Gasteiger partial charge < -0.3 is 9.64 Å². The van der Waals surface area contributed by atoms with Crippen LogP contribution in [-0.2, 0) is 21.5 Å². The van der Waals surface area contributed by atoms with E-state index >= 15 is 0 Å². The summed E-state index contributed by atoms with van der Waals surface area (Å²) in [4.78, 5) is 32.8. The summed E-state index contributed by atoms with van der Waals surface area (Å²) in [6.07, 6.45) is 4.00. The fourth-order valence-corrected chi connectivity index (χ4v) is 4.60. The van der Waals surface area contributed by atoms with Crippen LogP contribution in [0.25, 0.3) is 11.0 Å². The molecule has 1 amide bonds. The molecule has 0 bridgehead atoms. The molecule has 1 aromatic carbocycles. The van der Waals surface area contributed by atoms with Gasteiger partial charge in [-0.15, -0.1) is 0 Å². The fourth-order valence-electron chi connectivity index (χ4n) is 4.60. The van der Waals surface area contributed by atoms with Crippen LogP contribution >= 0.6 is 0 Å². The molecule has 0 unspecified atom stereocenters. The number of anilines is 1. The number of carbonyl (C=O) groups is 2. The van der Waals surface area contributed by atoms with Crippen molar-refractivity contribution in [2.45, 2.75) is 64.8 Å². The Balaban J connectivity index is 1.43.